The van der Waals surface area contributed by atoms with Gasteiger partial charge in [0.15, 0.2) is 0 Å². The van der Waals surface area contributed by atoms with E-state index in [1.165, 1.54) is 43.5 Å². The van der Waals surface area contributed by atoms with Crippen LogP contribution in [0.15, 0.2) is 47.4 Å². The molecule has 2 aromatic carbocycles. The second-order valence-corrected chi connectivity index (χ2v) is 8.72. The van der Waals surface area contributed by atoms with Crippen LogP contribution in [0.4, 0.5) is 11.4 Å². The molecule has 0 aliphatic carbocycles. The van der Waals surface area contributed by atoms with Crippen LogP contribution in [0.25, 0.3) is 0 Å². The fourth-order valence-corrected chi connectivity index (χ4v) is 4.28. The molecule has 170 valence electrons. The Bertz CT molecular complexity index is 1130. The average Bonchev–Trinajstić information content (AvgIpc) is 3.32. The molecule has 11 nitrogen and oxygen atoms in total. The zero-order chi connectivity index (χ0) is 23.3. The number of hydrogen-bond donors (Lipinski definition) is 2. The van der Waals surface area contributed by atoms with E-state index < -0.39 is 20.9 Å². The maximum atomic E-state index is 12.7. The van der Waals surface area contributed by atoms with Crippen molar-refractivity contribution in [1.82, 2.24) is 10.2 Å². The van der Waals surface area contributed by atoms with E-state index in [1.54, 1.807) is 4.90 Å². The third kappa shape index (κ3) is 5.32. The first-order valence-electron chi connectivity index (χ1n) is 9.72. The van der Waals surface area contributed by atoms with Crippen molar-refractivity contribution in [2.75, 3.05) is 31.5 Å². The lowest BCUT2D eigenvalue weighted by atomic mass is 10.2. The fraction of sp³-hybridized carbons (Fsp3) is 0.300. The zero-order valence-corrected chi connectivity index (χ0v) is 18.1. The van der Waals surface area contributed by atoms with Crippen LogP contribution >= 0.6 is 0 Å². The Morgan fingerprint density at radius 3 is 2.38 bits per heavy atom. The molecule has 1 fully saturated rings. The standard InChI is InChI=1S/C20H22N4O7S/c1-31-18-9-6-15(24(27)28)12-17(18)22-32(29,30)16-7-4-14(5-8-16)20(26)21-13-19(25)23-10-2-3-11-23/h4-9,12,22H,2-3,10-11,13H2,1H3,(H,21,26). The number of nitrogens with zero attached hydrogens (tertiary/aromatic N) is 2. The Morgan fingerprint density at radius 2 is 1.78 bits per heavy atom. The highest BCUT2D eigenvalue weighted by atomic mass is 32.2. The minimum absolute atomic E-state index is 0.0936. The molecule has 0 atom stereocenters. The summed E-state index contributed by atoms with van der Waals surface area (Å²) >= 11 is 0. The molecule has 1 saturated heterocycles. The summed E-state index contributed by atoms with van der Waals surface area (Å²) in [5, 5.41) is 13.5. The average molecular weight is 462 g/mol. The first-order valence-corrected chi connectivity index (χ1v) is 11.2. The van der Waals surface area contributed by atoms with Crippen molar-refractivity contribution in [2.24, 2.45) is 0 Å². The summed E-state index contributed by atoms with van der Waals surface area (Å²) in [7, 11) is -2.81. The largest absolute Gasteiger partial charge is 0.495 e. The Hall–Kier alpha value is -3.67. The van der Waals surface area contributed by atoms with Crippen LogP contribution in [0.2, 0.25) is 0 Å². The Kier molecular flexibility index (Phi) is 6.93. The molecule has 0 aromatic heterocycles. The van der Waals surface area contributed by atoms with Crippen molar-refractivity contribution in [3.05, 3.63) is 58.1 Å². The molecule has 1 aliphatic heterocycles. The van der Waals surface area contributed by atoms with E-state index in [1.807, 2.05) is 0 Å². The normalized spacial score (nSPS) is 13.5. The maximum Gasteiger partial charge on any atom is 0.271 e. The molecule has 2 aromatic rings. The lowest BCUT2D eigenvalue weighted by Gasteiger charge is -2.15. The van der Waals surface area contributed by atoms with Crippen LogP contribution < -0.4 is 14.8 Å². The predicted molar refractivity (Wildman–Crippen MR) is 115 cm³/mol. The smallest absolute Gasteiger partial charge is 0.271 e. The maximum absolute atomic E-state index is 12.7. The number of sulfonamides is 1. The lowest BCUT2D eigenvalue weighted by molar-refractivity contribution is -0.384. The first-order chi connectivity index (χ1) is 15.2. The number of anilines is 1. The number of nitro groups is 1. The summed E-state index contributed by atoms with van der Waals surface area (Å²) in [5.74, 6) is -0.558. The molecule has 0 bridgehead atoms. The van der Waals surface area contributed by atoms with Crippen LogP contribution in [0.3, 0.4) is 0 Å². The molecular formula is C20H22N4O7S. The van der Waals surface area contributed by atoms with Crippen molar-refractivity contribution in [3.63, 3.8) is 0 Å². The van der Waals surface area contributed by atoms with Gasteiger partial charge in [-0.1, -0.05) is 0 Å². The summed E-state index contributed by atoms with van der Waals surface area (Å²) < 4.78 is 32.7. The monoisotopic (exact) mass is 462 g/mol. The van der Waals surface area contributed by atoms with Crippen LogP contribution in [0.1, 0.15) is 23.2 Å². The first kappa shape index (κ1) is 23.0. The minimum Gasteiger partial charge on any atom is -0.495 e. The van der Waals surface area contributed by atoms with Crippen molar-refractivity contribution in [1.29, 1.82) is 0 Å². The number of methoxy groups -OCH3 is 1. The van der Waals surface area contributed by atoms with E-state index in [9.17, 15) is 28.1 Å². The van der Waals surface area contributed by atoms with E-state index in [0.29, 0.717) is 13.1 Å². The van der Waals surface area contributed by atoms with Gasteiger partial charge >= 0.3 is 0 Å². The summed E-state index contributed by atoms with van der Waals surface area (Å²) in [5.41, 5.74) is -0.214. The molecule has 0 radical (unpaired) electrons. The van der Waals surface area contributed by atoms with Gasteiger partial charge in [-0.15, -0.1) is 0 Å². The summed E-state index contributed by atoms with van der Waals surface area (Å²) in [4.78, 5) is 36.2. The molecule has 12 heteroatoms. The van der Waals surface area contributed by atoms with E-state index in [4.69, 9.17) is 4.74 Å². The van der Waals surface area contributed by atoms with Crippen molar-refractivity contribution in [3.8, 4) is 5.75 Å². The second kappa shape index (κ2) is 9.64. The number of amides is 2. The van der Waals surface area contributed by atoms with Crippen LogP contribution in [0.5, 0.6) is 5.75 Å². The molecule has 3 rings (SSSR count). The number of nitrogens with one attached hydrogen (secondary N) is 2. The lowest BCUT2D eigenvalue weighted by Crippen LogP contribution is -2.38. The molecule has 0 saturated carbocycles. The van der Waals surface area contributed by atoms with Gasteiger partial charge in [0.25, 0.3) is 21.6 Å². The number of carbonyl (C=O) groups is 2. The number of nitro benzene ring substituents is 1. The summed E-state index contributed by atoms with van der Waals surface area (Å²) in [6, 6.07) is 8.61. The molecule has 1 aliphatic rings. The van der Waals surface area contributed by atoms with E-state index in [2.05, 4.69) is 10.0 Å². The molecule has 2 N–H and O–H groups in total. The summed E-state index contributed by atoms with van der Waals surface area (Å²) in [6.45, 7) is 1.24. The van der Waals surface area contributed by atoms with Crippen molar-refractivity contribution >= 4 is 33.2 Å². The number of benzene rings is 2. The highest BCUT2D eigenvalue weighted by molar-refractivity contribution is 7.92. The second-order valence-electron chi connectivity index (χ2n) is 7.04. The number of hydrogen-bond acceptors (Lipinski definition) is 7. The van der Waals surface area contributed by atoms with Gasteiger partial charge in [-0.3, -0.25) is 24.4 Å². The zero-order valence-electron chi connectivity index (χ0n) is 17.2. The SMILES string of the molecule is COc1ccc([N+](=O)[O-])cc1NS(=O)(=O)c1ccc(C(=O)NCC(=O)N2CCCC2)cc1. The van der Waals surface area contributed by atoms with Crippen LogP contribution in [-0.2, 0) is 14.8 Å². The topological polar surface area (TPSA) is 148 Å². The molecule has 0 spiro atoms. The minimum atomic E-state index is -4.11. The highest BCUT2D eigenvalue weighted by Crippen LogP contribution is 2.30. The van der Waals surface area contributed by atoms with Crippen LogP contribution in [-0.4, -0.2) is 56.8 Å². The summed E-state index contributed by atoms with van der Waals surface area (Å²) in [6.07, 6.45) is 1.90. The molecule has 0 unspecified atom stereocenters. The molecule has 2 amide bonds. The quantitative estimate of drug-likeness (QED) is 0.448. The van der Waals surface area contributed by atoms with E-state index >= 15 is 0 Å². The van der Waals surface area contributed by atoms with Crippen molar-refractivity contribution in [2.45, 2.75) is 17.7 Å². The van der Waals surface area contributed by atoms with Gasteiger partial charge in [-0.05, 0) is 43.2 Å². The third-order valence-corrected chi connectivity index (χ3v) is 6.31. The van der Waals surface area contributed by atoms with Gasteiger partial charge in [-0.2, -0.15) is 0 Å². The van der Waals surface area contributed by atoms with Gasteiger partial charge in [0.2, 0.25) is 5.91 Å². The van der Waals surface area contributed by atoms with Gasteiger partial charge in [0, 0.05) is 30.8 Å². The number of non-ortho nitro benzene ring substituents is 1. The number of carbonyl (C=O) groups excluding carboxylic acids is 2. The molecular weight excluding hydrogens is 440 g/mol. The van der Waals surface area contributed by atoms with Gasteiger partial charge in [0.05, 0.1) is 29.2 Å². The van der Waals surface area contributed by atoms with Gasteiger partial charge < -0.3 is 15.0 Å². The molecule has 1 heterocycles. The van der Waals surface area contributed by atoms with E-state index in [0.717, 1.165) is 18.9 Å². The predicted octanol–water partition coefficient (Wildman–Crippen LogP) is 1.76. The number of ether oxygens (including phenoxy) is 1. The van der Waals surface area contributed by atoms with E-state index in [-0.39, 0.29) is 40.0 Å². The van der Waals surface area contributed by atoms with Crippen LogP contribution in [0, 0.1) is 10.1 Å². The Morgan fingerprint density at radius 1 is 1.12 bits per heavy atom. The van der Waals surface area contributed by atoms with Gasteiger partial charge in [-0.25, -0.2) is 8.42 Å². The fourth-order valence-electron chi connectivity index (χ4n) is 3.21. The number of rotatable bonds is 8. The Balaban J connectivity index is 1.69. The van der Waals surface area contributed by atoms with Gasteiger partial charge in [0.1, 0.15) is 5.75 Å². The highest BCUT2D eigenvalue weighted by Gasteiger charge is 2.21. The third-order valence-electron chi connectivity index (χ3n) is 4.92. The molecule has 32 heavy (non-hydrogen) atoms. The van der Waals surface area contributed by atoms with Crippen molar-refractivity contribution < 1.29 is 27.7 Å². The number of likely N-dealkylation sites (tertiary alicyclic amines) is 1. The Labute approximate surface area is 184 Å².